The molecule has 17 heavy (non-hydrogen) atoms. The molecule has 0 saturated heterocycles. The average molecular weight is 334 g/mol. The van der Waals surface area contributed by atoms with Crippen LogP contribution < -0.4 is 0 Å². The summed E-state index contributed by atoms with van der Waals surface area (Å²) >= 11 is 11.4. The zero-order chi connectivity index (χ0) is 12.4. The average Bonchev–Trinajstić information content (AvgIpc) is 2.61. The topological polar surface area (TPSA) is 0 Å². The lowest BCUT2D eigenvalue weighted by Crippen LogP contribution is -1.98. The van der Waals surface area contributed by atoms with Gasteiger partial charge < -0.3 is 0 Å². The Morgan fingerprint density at radius 3 is 2.71 bits per heavy atom. The Morgan fingerprint density at radius 1 is 1.41 bits per heavy atom. The van der Waals surface area contributed by atoms with Crippen molar-refractivity contribution >= 4 is 38.9 Å². The zero-order valence-corrected chi connectivity index (χ0v) is 12.4. The van der Waals surface area contributed by atoms with Crippen molar-refractivity contribution in [3.05, 3.63) is 55.9 Å². The molecule has 2 aromatic rings. The van der Waals surface area contributed by atoms with Gasteiger partial charge in [-0.1, -0.05) is 18.2 Å². The second-order valence-corrected chi connectivity index (χ2v) is 6.99. The molecule has 1 aromatic heterocycles. The molecule has 1 heterocycles. The molecule has 2 rings (SSSR count). The Hall–Kier alpha value is -0.380. The molecule has 0 radical (unpaired) electrons. The minimum Gasteiger partial charge on any atom is -0.207 e. The molecule has 90 valence electrons. The van der Waals surface area contributed by atoms with Crippen molar-refractivity contribution < 1.29 is 4.39 Å². The van der Waals surface area contributed by atoms with Gasteiger partial charge in [-0.3, -0.25) is 0 Å². The molecule has 0 nitrogen and oxygen atoms in total. The Kier molecular flexibility index (Phi) is 4.23. The number of halogens is 3. The quantitative estimate of drug-likeness (QED) is 0.652. The minimum absolute atomic E-state index is 0.186. The van der Waals surface area contributed by atoms with Crippen LogP contribution in [0.3, 0.4) is 0 Å². The van der Waals surface area contributed by atoms with Gasteiger partial charge in [0, 0.05) is 4.88 Å². The number of hydrogen-bond acceptors (Lipinski definition) is 1. The molecule has 0 aliphatic heterocycles. The van der Waals surface area contributed by atoms with Crippen molar-refractivity contribution in [1.29, 1.82) is 0 Å². The Labute approximate surface area is 118 Å². The van der Waals surface area contributed by atoms with Gasteiger partial charge in [-0.15, -0.1) is 22.9 Å². The minimum atomic E-state index is -0.190. The van der Waals surface area contributed by atoms with Gasteiger partial charge in [0.2, 0.25) is 0 Å². The predicted octanol–water partition coefficient (Wildman–Crippen LogP) is 5.48. The van der Waals surface area contributed by atoms with Crippen LogP contribution in [0.1, 0.15) is 21.4 Å². The van der Waals surface area contributed by atoms with E-state index in [1.165, 1.54) is 10.9 Å². The third-order valence-electron chi connectivity index (χ3n) is 2.62. The molecule has 1 atom stereocenters. The number of aryl methyl sites for hydroxylation is 1. The number of rotatable bonds is 3. The van der Waals surface area contributed by atoms with E-state index >= 15 is 0 Å². The Bertz CT molecular complexity index is 524. The second-order valence-electron chi connectivity index (χ2n) is 3.83. The summed E-state index contributed by atoms with van der Waals surface area (Å²) in [4.78, 5) is 1.17. The molecular weight excluding hydrogens is 323 g/mol. The molecule has 0 saturated carbocycles. The van der Waals surface area contributed by atoms with Gasteiger partial charge in [-0.05, 0) is 52.5 Å². The molecule has 1 aromatic carbocycles. The molecule has 0 fully saturated rings. The van der Waals surface area contributed by atoms with E-state index in [9.17, 15) is 4.39 Å². The first kappa shape index (κ1) is 13.1. The van der Waals surface area contributed by atoms with Crippen LogP contribution in [0, 0.1) is 12.7 Å². The molecule has 0 bridgehead atoms. The van der Waals surface area contributed by atoms with Crippen LogP contribution in [0.2, 0.25) is 0 Å². The van der Waals surface area contributed by atoms with Crippen LogP contribution in [-0.4, -0.2) is 0 Å². The fourth-order valence-corrected chi connectivity index (χ4v) is 3.97. The maximum Gasteiger partial charge on any atom is 0.126 e. The molecule has 1 unspecified atom stereocenters. The molecule has 0 amide bonds. The lowest BCUT2D eigenvalue weighted by molar-refractivity contribution is 0.607. The van der Waals surface area contributed by atoms with Crippen molar-refractivity contribution in [3.63, 3.8) is 0 Å². The SMILES string of the molecule is Cc1sc(Br)cc1C(Cl)Cc1ccccc1F. The highest BCUT2D eigenvalue weighted by Crippen LogP contribution is 2.35. The van der Waals surface area contributed by atoms with E-state index in [0.29, 0.717) is 12.0 Å². The second kappa shape index (κ2) is 5.51. The number of benzene rings is 1. The highest BCUT2D eigenvalue weighted by atomic mass is 79.9. The maximum absolute atomic E-state index is 13.5. The van der Waals surface area contributed by atoms with Gasteiger partial charge in [-0.2, -0.15) is 0 Å². The van der Waals surface area contributed by atoms with Gasteiger partial charge in [0.25, 0.3) is 0 Å². The van der Waals surface area contributed by atoms with Crippen LogP contribution in [0.5, 0.6) is 0 Å². The normalized spacial score (nSPS) is 12.7. The largest absolute Gasteiger partial charge is 0.207 e. The fraction of sp³-hybridized carbons (Fsp3) is 0.231. The third-order valence-corrected chi connectivity index (χ3v) is 4.58. The van der Waals surface area contributed by atoms with Crippen molar-refractivity contribution in [2.45, 2.75) is 18.7 Å². The Balaban J connectivity index is 2.20. The van der Waals surface area contributed by atoms with Gasteiger partial charge in [0.15, 0.2) is 0 Å². The molecule has 0 aliphatic rings. The highest BCUT2D eigenvalue weighted by molar-refractivity contribution is 9.11. The van der Waals surface area contributed by atoms with E-state index in [2.05, 4.69) is 15.9 Å². The molecular formula is C13H11BrClFS. The zero-order valence-electron chi connectivity index (χ0n) is 9.21. The van der Waals surface area contributed by atoms with E-state index in [4.69, 9.17) is 11.6 Å². The first-order valence-corrected chi connectivity index (χ1v) is 7.26. The van der Waals surface area contributed by atoms with Crippen LogP contribution in [0.25, 0.3) is 0 Å². The number of hydrogen-bond donors (Lipinski definition) is 0. The van der Waals surface area contributed by atoms with Crippen LogP contribution in [-0.2, 0) is 6.42 Å². The van der Waals surface area contributed by atoms with Gasteiger partial charge >= 0.3 is 0 Å². The van der Waals surface area contributed by atoms with Gasteiger partial charge in [-0.25, -0.2) is 4.39 Å². The predicted molar refractivity (Wildman–Crippen MR) is 75.5 cm³/mol. The summed E-state index contributed by atoms with van der Waals surface area (Å²) in [6.07, 6.45) is 0.512. The lowest BCUT2D eigenvalue weighted by atomic mass is 10.0. The van der Waals surface area contributed by atoms with E-state index in [1.807, 2.05) is 19.1 Å². The highest BCUT2D eigenvalue weighted by Gasteiger charge is 2.15. The monoisotopic (exact) mass is 332 g/mol. The van der Waals surface area contributed by atoms with Crippen LogP contribution in [0.15, 0.2) is 34.1 Å². The summed E-state index contributed by atoms with van der Waals surface area (Å²) in [5.41, 5.74) is 1.74. The first-order chi connectivity index (χ1) is 8.08. The first-order valence-electron chi connectivity index (χ1n) is 5.21. The summed E-state index contributed by atoms with van der Waals surface area (Å²) in [5, 5.41) is -0.186. The third kappa shape index (κ3) is 3.09. The van der Waals surface area contributed by atoms with Gasteiger partial charge in [0.05, 0.1) is 9.16 Å². The molecule has 0 aliphatic carbocycles. The number of alkyl halides is 1. The van der Waals surface area contributed by atoms with Crippen molar-refractivity contribution in [2.75, 3.05) is 0 Å². The van der Waals surface area contributed by atoms with Crippen molar-refractivity contribution in [3.8, 4) is 0 Å². The van der Waals surface area contributed by atoms with Crippen LogP contribution in [0.4, 0.5) is 4.39 Å². The Morgan fingerprint density at radius 2 is 2.12 bits per heavy atom. The fourth-order valence-electron chi connectivity index (χ4n) is 1.74. The molecule has 4 heteroatoms. The smallest absolute Gasteiger partial charge is 0.126 e. The summed E-state index contributed by atoms with van der Waals surface area (Å²) in [6.45, 7) is 2.03. The molecule has 0 spiro atoms. The summed E-state index contributed by atoms with van der Waals surface area (Å²) in [5.74, 6) is -0.190. The summed E-state index contributed by atoms with van der Waals surface area (Å²) < 4.78 is 14.6. The number of thiophene rings is 1. The van der Waals surface area contributed by atoms with E-state index < -0.39 is 0 Å². The van der Waals surface area contributed by atoms with Crippen LogP contribution >= 0.6 is 38.9 Å². The molecule has 0 N–H and O–H groups in total. The maximum atomic E-state index is 13.5. The van der Waals surface area contributed by atoms with E-state index in [1.54, 1.807) is 23.5 Å². The summed E-state index contributed by atoms with van der Waals surface area (Å²) in [7, 11) is 0. The standard InChI is InChI=1S/C13H11BrClFS/c1-8-10(7-13(14)17-8)11(15)6-9-4-2-3-5-12(9)16/h2-5,7,11H,6H2,1H3. The van der Waals surface area contributed by atoms with E-state index in [0.717, 1.165) is 9.35 Å². The lowest BCUT2D eigenvalue weighted by Gasteiger charge is -2.09. The van der Waals surface area contributed by atoms with Gasteiger partial charge in [0.1, 0.15) is 5.82 Å². The summed E-state index contributed by atoms with van der Waals surface area (Å²) in [6, 6.07) is 8.78. The van der Waals surface area contributed by atoms with Crippen molar-refractivity contribution in [1.82, 2.24) is 0 Å². The van der Waals surface area contributed by atoms with Crippen molar-refractivity contribution in [2.24, 2.45) is 0 Å². The van der Waals surface area contributed by atoms with E-state index in [-0.39, 0.29) is 11.2 Å².